The molecule has 1 aromatic heterocycles. The molecule has 2 aromatic rings. The van der Waals surface area contributed by atoms with Crippen LogP contribution in [0.25, 0.3) is 10.8 Å². The van der Waals surface area contributed by atoms with Crippen molar-refractivity contribution in [3.8, 4) is 0 Å². The first-order chi connectivity index (χ1) is 8.58. The van der Waals surface area contributed by atoms with Crippen LogP contribution in [-0.4, -0.2) is 16.1 Å². The summed E-state index contributed by atoms with van der Waals surface area (Å²) in [7, 11) is 0. The molecule has 2 rings (SSSR count). The molecule has 0 aliphatic carbocycles. The number of hydrogen-bond donors (Lipinski definition) is 1. The molecular formula is C15H17NO2. The minimum atomic E-state index is -0.784. The number of benzene rings is 1. The maximum Gasteiger partial charge on any atom is 0.303 e. The van der Waals surface area contributed by atoms with E-state index in [-0.39, 0.29) is 6.42 Å². The summed E-state index contributed by atoms with van der Waals surface area (Å²) in [6.45, 7) is 4.29. The third-order valence-corrected chi connectivity index (χ3v) is 3.12. The predicted octanol–water partition coefficient (Wildman–Crippen LogP) is 3.38. The van der Waals surface area contributed by atoms with Crippen molar-refractivity contribution in [1.29, 1.82) is 0 Å². The molecule has 1 heterocycles. The Bertz CT molecular complexity index is 576. The van der Waals surface area contributed by atoms with Crippen molar-refractivity contribution in [3.05, 3.63) is 41.7 Å². The molecule has 0 atom stereocenters. The van der Waals surface area contributed by atoms with Gasteiger partial charge in [0.15, 0.2) is 0 Å². The number of rotatable bonds is 4. The molecule has 1 aromatic carbocycles. The van der Waals surface area contributed by atoms with Gasteiger partial charge >= 0.3 is 5.97 Å². The van der Waals surface area contributed by atoms with Crippen LogP contribution < -0.4 is 0 Å². The van der Waals surface area contributed by atoms with Gasteiger partial charge in [0.05, 0.1) is 6.42 Å². The lowest BCUT2D eigenvalue weighted by Crippen LogP contribution is -2.00. The monoisotopic (exact) mass is 243 g/mol. The Kier molecular flexibility index (Phi) is 3.60. The summed E-state index contributed by atoms with van der Waals surface area (Å²) in [5, 5.41) is 11.0. The summed E-state index contributed by atoms with van der Waals surface area (Å²) in [6, 6.07) is 8.29. The molecule has 1 N–H and O–H groups in total. The van der Waals surface area contributed by atoms with E-state index < -0.39 is 5.97 Å². The normalized spacial score (nSPS) is 11.1. The first kappa shape index (κ1) is 12.6. The van der Waals surface area contributed by atoms with Crippen LogP contribution in [0.5, 0.6) is 0 Å². The third-order valence-electron chi connectivity index (χ3n) is 3.12. The molecule has 0 amide bonds. The summed E-state index contributed by atoms with van der Waals surface area (Å²) in [4.78, 5) is 15.0. The van der Waals surface area contributed by atoms with E-state index in [1.807, 2.05) is 6.07 Å². The fourth-order valence-electron chi connectivity index (χ4n) is 2.03. The van der Waals surface area contributed by atoms with E-state index in [0.717, 1.165) is 16.5 Å². The van der Waals surface area contributed by atoms with Crippen molar-refractivity contribution < 1.29 is 9.90 Å². The van der Waals surface area contributed by atoms with Gasteiger partial charge in [-0.1, -0.05) is 26.0 Å². The van der Waals surface area contributed by atoms with Crippen LogP contribution in [0.4, 0.5) is 0 Å². The number of carboxylic acid groups (broad SMARTS) is 1. The number of aliphatic carboxylic acids is 1. The largest absolute Gasteiger partial charge is 0.481 e. The second-order valence-electron chi connectivity index (χ2n) is 4.79. The van der Waals surface area contributed by atoms with Gasteiger partial charge in [0.25, 0.3) is 0 Å². The Labute approximate surface area is 106 Å². The van der Waals surface area contributed by atoms with Crippen molar-refractivity contribution in [2.45, 2.75) is 32.6 Å². The van der Waals surface area contributed by atoms with Crippen molar-refractivity contribution in [2.75, 3.05) is 0 Å². The van der Waals surface area contributed by atoms with Gasteiger partial charge < -0.3 is 5.11 Å². The fraction of sp³-hybridized carbons (Fsp3) is 0.333. The predicted molar refractivity (Wildman–Crippen MR) is 71.8 cm³/mol. The highest BCUT2D eigenvalue weighted by molar-refractivity contribution is 5.85. The lowest BCUT2D eigenvalue weighted by molar-refractivity contribution is -0.136. The highest BCUT2D eigenvalue weighted by Gasteiger charge is 2.07. The van der Waals surface area contributed by atoms with E-state index in [2.05, 4.69) is 37.0 Å². The molecule has 0 saturated carbocycles. The highest BCUT2D eigenvalue weighted by atomic mass is 16.4. The van der Waals surface area contributed by atoms with Gasteiger partial charge in [0.1, 0.15) is 0 Å². The van der Waals surface area contributed by atoms with Gasteiger partial charge in [0, 0.05) is 23.7 Å². The Morgan fingerprint density at radius 1 is 1.33 bits per heavy atom. The Morgan fingerprint density at radius 2 is 2.11 bits per heavy atom. The maximum atomic E-state index is 10.7. The molecule has 0 radical (unpaired) electrons. The van der Waals surface area contributed by atoms with E-state index in [4.69, 9.17) is 5.11 Å². The molecule has 0 fully saturated rings. The quantitative estimate of drug-likeness (QED) is 0.895. The van der Waals surface area contributed by atoms with Crippen LogP contribution in [0.3, 0.4) is 0 Å². The molecule has 0 aliphatic rings. The number of nitrogens with zero attached hydrogens (tertiary/aromatic N) is 1. The first-order valence-corrected chi connectivity index (χ1v) is 6.17. The van der Waals surface area contributed by atoms with Crippen molar-refractivity contribution in [1.82, 2.24) is 4.98 Å². The maximum absolute atomic E-state index is 10.7. The van der Waals surface area contributed by atoms with Crippen LogP contribution in [-0.2, 0) is 11.2 Å². The van der Waals surface area contributed by atoms with Crippen LogP contribution in [0.1, 0.15) is 37.4 Å². The van der Waals surface area contributed by atoms with E-state index in [0.29, 0.717) is 12.3 Å². The SMILES string of the molecule is CC(C)c1ccc2ccnc(CCC(=O)O)c2c1. The number of hydrogen-bond acceptors (Lipinski definition) is 2. The second kappa shape index (κ2) is 5.17. The molecular weight excluding hydrogens is 226 g/mol. The van der Waals surface area contributed by atoms with Crippen molar-refractivity contribution >= 4 is 16.7 Å². The molecule has 0 aliphatic heterocycles. The summed E-state index contributed by atoms with van der Waals surface area (Å²) in [5.41, 5.74) is 2.13. The topological polar surface area (TPSA) is 50.2 Å². The third kappa shape index (κ3) is 2.67. The van der Waals surface area contributed by atoms with Crippen LogP contribution in [0.15, 0.2) is 30.5 Å². The second-order valence-corrected chi connectivity index (χ2v) is 4.79. The van der Waals surface area contributed by atoms with Gasteiger partial charge in [-0.15, -0.1) is 0 Å². The molecule has 0 saturated heterocycles. The molecule has 94 valence electrons. The standard InChI is InChI=1S/C15H17NO2/c1-10(2)12-4-3-11-7-8-16-14(13(11)9-12)5-6-15(17)18/h3-4,7-10H,5-6H2,1-2H3,(H,17,18). The fourth-order valence-corrected chi connectivity index (χ4v) is 2.03. The zero-order valence-electron chi connectivity index (χ0n) is 10.7. The summed E-state index contributed by atoms with van der Waals surface area (Å²) in [5.74, 6) is -0.323. The summed E-state index contributed by atoms with van der Waals surface area (Å²) in [6.07, 6.45) is 2.35. The average Bonchev–Trinajstić information content (AvgIpc) is 2.35. The highest BCUT2D eigenvalue weighted by Crippen LogP contribution is 2.23. The van der Waals surface area contributed by atoms with Crippen LogP contribution in [0, 0.1) is 0 Å². The van der Waals surface area contributed by atoms with E-state index in [9.17, 15) is 4.79 Å². The zero-order chi connectivity index (χ0) is 13.1. The zero-order valence-corrected chi connectivity index (χ0v) is 10.7. The van der Waals surface area contributed by atoms with Gasteiger partial charge in [-0.2, -0.15) is 0 Å². The molecule has 3 nitrogen and oxygen atoms in total. The number of carbonyl (C=O) groups is 1. The number of aromatic nitrogens is 1. The van der Waals surface area contributed by atoms with E-state index in [1.165, 1.54) is 5.56 Å². The van der Waals surface area contributed by atoms with Gasteiger partial charge in [-0.3, -0.25) is 9.78 Å². The number of pyridine rings is 1. The Morgan fingerprint density at radius 3 is 2.78 bits per heavy atom. The lowest BCUT2D eigenvalue weighted by atomic mass is 9.98. The molecule has 18 heavy (non-hydrogen) atoms. The Hall–Kier alpha value is -1.90. The van der Waals surface area contributed by atoms with Gasteiger partial charge in [0.2, 0.25) is 0 Å². The van der Waals surface area contributed by atoms with Crippen molar-refractivity contribution in [2.24, 2.45) is 0 Å². The van der Waals surface area contributed by atoms with Crippen LogP contribution in [0.2, 0.25) is 0 Å². The summed E-state index contributed by atoms with van der Waals surface area (Å²) >= 11 is 0. The number of aryl methyl sites for hydroxylation is 1. The van der Waals surface area contributed by atoms with Crippen molar-refractivity contribution in [3.63, 3.8) is 0 Å². The Balaban J connectivity index is 2.45. The average molecular weight is 243 g/mol. The molecule has 3 heteroatoms. The van der Waals surface area contributed by atoms with E-state index >= 15 is 0 Å². The van der Waals surface area contributed by atoms with E-state index in [1.54, 1.807) is 6.20 Å². The van der Waals surface area contributed by atoms with Crippen LogP contribution >= 0.6 is 0 Å². The first-order valence-electron chi connectivity index (χ1n) is 6.17. The number of fused-ring (bicyclic) bond motifs is 1. The van der Waals surface area contributed by atoms with Gasteiger partial charge in [-0.05, 0) is 29.0 Å². The minimum absolute atomic E-state index is 0.123. The summed E-state index contributed by atoms with van der Waals surface area (Å²) < 4.78 is 0. The minimum Gasteiger partial charge on any atom is -0.481 e. The lowest BCUT2D eigenvalue weighted by Gasteiger charge is -2.09. The number of carboxylic acids is 1. The molecule has 0 bridgehead atoms. The van der Waals surface area contributed by atoms with Gasteiger partial charge in [-0.25, -0.2) is 0 Å². The molecule has 0 unspecified atom stereocenters. The smallest absolute Gasteiger partial charge is 0.303 e. The molecule has 0 spiro atoms.